The van der Waals surface area contributed by atoms with Crippen molar-refractivity contribution in [3.8, 4) is 0 Å². The van der Waals surface area contributed by atoms with E-state index in [1.165, 1.54) is 302 Å². The van der Waals surface area contributed by atoms with Gasteiger partial charge in [-0.1, -0.05) is 360 Å². The molecule has 0 saturated heterocycles. The highest BCUT2D eigenvalue weighted by Gasteiger charge is 2.19. The van der Waals surface area contributed by atoms with Crippen molar-refractivity contribution in [2.75, 3.05) is 13.2 Å². The van der Waals surface area contributed by atoms with Crippen LogP contribution in [0.1, 0.15) is 406 Å². The van der Waals surface area contributed by atoms with Crippen molar-refractivity contribution in [3.05, 3.63) is 24.3 Å². The van der Waals surface area contributed by atoms with Crippen molar-refractivity contribution in [2.45, 2.75) is 412 Å². The van der Waals surface area contributed by atoms with Crippen LogP contribution in [0, 0.1) is 0 Å². The second kappa shape index (κ2) is 68.4. The zero-order valence-electron chi connectivity index (χ0n) is 53.7. The molecule has 6 nitrogen and oxygen atoms in total. The van der Waals surface area contributed by atoms with Gasteiger partial charge in [0, 0.05) is 19.3 Å². The maximum absolute atomic E-state index is 12.9. The molecule has 0 aromatic rings. The molecule has 79 heavy (non-hydrogen) atoms. The summed E-state index contributed by atoms with van der Waals surface area (Å²) >= 11 is 0. The van der Waals surface area contributed by atoms with E-state index in [9.17, 15) is 14.4 Å². The number of allylic oxidation sites excluding steroid dienone is 4. The monoisotopic (exact) mass is 1110 g/mol. The van der Waals surface area contributed by atoms with Crippen LogP contribution in [0.25, 0.3) is 0 Å². The first kappa shape index (κ1) is 76.9. The fraction of sp³-hybridized carbons (Fsp3) is 0.904. The maximum atomic E-state index is 12.9. The third-order valence-electron chi connectivity index (χ3n) is 16.5. The van der Waals surface area contributed by atoms with Gasteiger partial charge in [-0.05, 0) is 51.4 Å². The maximum Gasteiger partial charge on any atom is 0.306 e. The Morgan fingerprint density at radius 1 is 0.253 bits per heavy atom. The fourth-order valence-electron chi connectivity index (χ4n) is 11.1. The lowest BCUT2D eigenvalue weighted by Crippen LogP contribution is -2.30. The summed E-state index contributed by atoms with van der Waals surface area (Å²) in [4.78, 5) is 38.3. The normalized spacial score (nSPS) is 12.1. The molecule has 0 rings (SSSR count). The number of rotatable bonds is 67. The Bertz CT molecular complexity index is 1270. The highest BCUT2D eigenvalue weighted by molar-refractivity contribution is 5.71. The van der Waals surface area contributed by atoms with Crippen molar-refractivity contribution < 1.29 is 28.6 Å². The number of ether oxygens (including phenoxy) is 3. The van der Waals surface area contributed by atoms with Crippen LogP contribution < -0.4 is 0 Å². The molecule has 0 N–H and O–H groups in total. The van der Waals surface area contributed by atoms with E-state index in [2.05, 4.69) is 45.1 Å². The van der Waals surface area contributed by atoms with Crippen molar-refractivity contribution >= 4 is 17.9 Å². The van der Waals surface area contributed by atoms with E-state index in [-0.39, 0.29) is 31.1 Å². The lowest BCUT2D eigenvalue weighted by Gasteiger charge is -2.18. The number of hydrogen-bond acceptors (Lipinski definition) is 6. The van der Waals surface area contributed by atoms with Gasteiger partial charge in [0.05, 0.1) is 0 Å². The summed E-state index contributed by atoms with van der Waals surface area (Å²) in [6.07, 6.45) is 83.7. The molecular formula is C73H138O6. The molecule has 0 aromatic heterocycles. The Labute approximate surface area is 493 Å². The highest BCUT2D eigenvalue weighted by atomic mass is 16.6. The van der Waals surface area contributed by atoms with Gasteiger partial charge < -0.3 is 14.2 Å². The SMILES string of the molecule is CCCCCCC/C=C\C/C=C\CCCCCCCCCCCCCCCCCCCC(=O)OCC(COC(=O)CCCCCCCCCCCC)OC(=O)CCCCCCCCCCCCCCCCCCCCCCCC. The molecule has 0 saturated carbocycles. The molecule has 1 unspecified atom stereocenters. The van der Waals surface area contributed by atoms with Crippen molar-refractivity contribution in [2.24, 2.45) is 0 Å². The molecule has 0 bridgehead atoms. The van der Waals surface area contributed by atoms with E-state index >= 15 is 0 Å². The Hall–Kier alpha value is -2.11. The van der Waals surface area contributed by atoms with Gasteiger partial charge in [0.15, 0.2) is 6.10 Å². The summed E-state index contributed by atoms with van der Waals surface area (Å²) in [7, 11) is 0. The predicted octanol–water partition coefficient (Wildman–Crippen LogP) is 24.6. The molecule has 0 aromatic carbocycles. The highest BCUT2D eigenvalue weighted by Crippen LogP contribution is 2.19. The van der Waals surface area contributed by atoms with Gasteiger partial charge in [-0.2, -0.15) is 0 Å². The van der Waals surface area contributed by atoms with Crippen LogP contribution in [0.4, 0.5) is 0 Å². The van der Waals surface area contributed by atoms with E-state index in [0.717, 1.165) is 64.2 Å². The minimum atomic E-state index is -0.766. The van der Waals surface area contributed by atoms with Crippen LogP contribution in [0.3, 0.4) is 0 Å². The van der Waals surface area contributed by atoms with Crippen molar-refractivity contribution in [3.63, 3.8) is 0 Å². The Balaban J connectivity index is 4.10. The number of esters is 3. The van der Waals surface area contributed by atoms with Gasteiger partial charge in [0.25, 0.3) is 0 Å². The topological polar surface area (TPSA) is 78.9 Å². The molecule has 0 amide bonds. The van der Waals surface area contributed by atoms with E-state index in [0.29, 0.717) is 19.3 Å². The van der Waals surface area contributed by atoms with Gasteiger partial charge in [-0.25, -0.2) is 0 Å². The first-order valence-corrected chi connectivity index (χ1v) is 35.8. The second-order valence-electron chi connectivity index (χ2n) is 24.5. The zero-order valence-corrected chi connectivity index (χ0v) is 53.7. The summed E-state index contributed by atoms with van der Waals surface area (Å²) in [5, 5.41) is 0. The van der Waals surface area contributed by atoms with Gasteiger partial charge in [0.2, 0.25) is 0 Å². The predicted molar refractivity (Wildman–Crippen MR) is 344 cm³/mol. The van der Waals surface area contributed by atoms with Gasteiger partial charge in [-0.3, -0.25) is 14.4 Å². The molecule has 0 aliphatic rings. The molecular weight excluding hydrogens is 973 g/mol. The first-order chi connectivity index (χ1) is 39.0. The quantitative estimate of drug-likeness (QED) is 0.0261. The minimum absolute atomic E-state index is 0.0637. The molecule has 1 atom stereocenters. The van der Waals surface area contributed by atoms with Crippen LogP contribution in [-0.2, 0) is 28.6 Å². The molecule has 466 valence electrons. The van der Waals surface area contributed by atoms with Crippen molar-refractivity contribution in [1.29, 1.82) is 0 Å². The van der Waals surface area contributed by atoms with Gasteiger partial charge in [-0.15, -0.1) is 0 Å². The summed E-state index contributed by atoms with van der Waals surface area (Å²) < 4.78 is 17.0. The van der Waals surface area contributed by atoms with E-state index in [4.69, 9.17) is 14.2 Å². The molecule has 0 aliphatic carbocycles. The molecule has 6 heteroatoms. The molecule has 0 heterocycles. The van der Waals surface area contributed by atoms with Crippen LogP contribution >= 0.6 is 0 Å². The van der Waals surface area contributed by atoms with E-state index in [1.54, 1.807) is 0 Å². The van der Waals surface area contributed by atoms with E-state index in [1.807, 2.05) is 0 Å². The smallest absolute Gasteiger partial charge is 0.306 e. The summed E-state index contributed by atoms with van der Waals surface area (Å²) in [5.74, 6) is -0.832. The largest absolute Gasteiger partial charge is 0.462 e. The Morgan fingerprint density at radius 3 is 0.696 bits per heavy atom. The molecule has 0 radical (unpaired) electrons. The first-order valence-electron chi connectivity index (χ1n) is 35.8. The lowest BCUT2D eigenvalue weighted by atomic mass is 10.0. The number of hydrogen-bond donors (Lipinski definition) is 0. The van der Waals surface area contributed by atoms with Crippen LogP contribution in [0.15, 0.2) is 24.3 Å². The van der Waals surface area contributed by atoms with E-state index < -0.39 is 6.10 Å². The van der Waals surface area contributed by atoms with Gasteiger partial charge in [0.1, 0.15) is 13.2 Å². The second-order valence-corrected chi connectivity index (χ2v) is 24.5. The lowest BCUT2D eigenvalue weighted by molar-refractivity contribution is -0.167. The molecule has 0 aliphatic heterocycles. The number of carbonyl (C=O) groups excluding carboxylic acids is 3. The zero-order chi connectivity index (χ0) is 57.1. The summed E-state index contributed by atoms with van der Waals surface area (Å²) in [6, 6.07) is 0. The van der Waals surface area contributed by atoms with Gasteiger partial charge >= 0.3 is 17.9 Å². The standard InChI is InChI=1S/C73H138O6/c1-4-7-10-13-16-19-22-24-26-28-30-32-34-35-36-37-38-39-40-42-43-45-47-49-51-54-57-60-63-66-72(75)78-69-70(68-77-71(74)65-62-59-56-53-21-18-15-12-9-6-3)79-73(76)67-64-61-58-55-52-50-48-46-44-41-33-31-29-27-25-23-20-17-14-11-8-5-2/h22,24,28,30,70H,4-21,23,25-27,29,31-69H2,1-3H3/b24-22-,30-28-. The molecule has 0 spiro atoms. The fourth-order valence-corrected chi connectivity index (χ4v) is 11.1. The van der Waals surface area contributed by atoms with Crippen molar-refractivity contribution in [1.82, 2.24) is 0 Å². The number of carbonyl (C=O) groups is 3. The average Bonchev–Trinajstić information content (AvgIpc) is 3.45. The van der Waals surface area contributed by atoms with Crippen LogP contribution in [-0.4, -0.2) is 37.2 Å². The minimum Gasteiger partial charge on any atom is -0.462 e. The third-order valence-corrected chi connectivity index (χ3v) is 16.5. The van der Waals surface area contributed by atoms with Crippen LogP contribution in [0.2, 0.25) is 0 Å². The average molecular weight is 1110 g/mol. The number of unbranched alkanes of at least 4 members (excludes halogenated alkanes) is 52. The third kappa shape index (κ3) is 66.6. The van der Waals surface area contributed by atoms with Crippen LogP contribution in [0.5, 0.6) is 0 Å². The summed E-state index contributed by atoms with van der Waals surface area (Å²) in [6.45, 7) is 6.70. The Kier molecular flexibility index (Phi) is 66.6. The summed E-state index contributed by atoms with van der Waals surface area (Å²) in [5.41, 5.74) is 0. The Morgan fingerprint density at radius 2 is 0.456 bits per heavy atom. The molecule has 0 fully saturated rings.